The largest absolute Gasteiger partial charge is 0.394 e. The average molecular weight is 1220 g/mol. The molecule has 6 rings (SSSR count). The third-order valence-corrected chi connectivity index (χ3v) is 17.3. The molecule has 470 valence electrons. The predicted molar refractivity (Wildman–Crippen MR) is 320 cm³/mol. The van der Waals surface area contributed by atoms with E-state index >= 15 is 4.79 Å². The summed E-state index contributed by atoms with van der Waals surface area (Å²) in [5, 5.41) is 55.3. The average Bonchev–Trinajstić information content (AvgIpc) is 1.90. The molecule has 86 heavy (non-hydrogen) atoms. The van der Waals surface area contributed by atoms with Crippen LogP contribution in [-0.2, 0) is 65.7 Å². The first-order valence-electron chi connectivity index (χ1n) is 29.5. The topological polar surface area (TPSA) is 364 Å². The SMILES string of the molecule is CC[C@H](C)[C@@H]1NC(=O)CNC(=O)[C@H]2CC(=O)[C@H]([C@@H](C)[C@@H](O)CO)NC(=O)[C@@H]3C[C@@H](O)CN3C(=O)[C@H](CC(=O)NCc3ccc(NC(=O)[C@H](C)CC(=O)[C@@H](NC(C)(C)C)C(C)C)cc3)CC(=O)[C@H](CSc3[nH]c4ccccc4c3C2)NC(=O)CNC1=O. The quantitative estimate of drug-likeness (QED) is 0.0962. The minimum absolute atomic E-state index is 0.00125. The Hall–Kier alpha value is -7.06. The number of fused-ring (bicyclic) bond motifs is 5. The molecule has 0 radical (unpaired) electrons. The predicted octanol–water partition coefficient (Wildman–Crippen LogP) is 1.32. The number of H-pyrrole nitrogens is 1. The Labute approximate surface area is 505 Å². The highest BCUT2D eigenvalue weighted by Crippen LogP contribution is 2.34. The number of benzene rings is 2. The maximum Gasteiger partial charge on any atom is 0.243 e. The van der Waals surface area contributed by atoms with Gasteiger partial charge in [0.25, 0.3) is 0 Å². The molecule has 4 heterocycles. The normalized spacial score (nSPS) is 24.4. The minimum atomic E-state index is -1.61. The van der Waals surface area contributed by atoms with Gasteiger partial charge in [-0.2, -0.15) is 0 Å². The summed E-state index contributed by atoms with van der Waals surface area (Å²) in [6.45, 7) is 13.7. The molecule has 12 N–H and O–H groups in total. The molecule has 12 atom stereocenters. The fraction of sp³-hybridized carbons (Fsp3) is 0.590. The van der Waals surface area contributed by atoms with Crippen LogP contribution in [0, 0.1) is 35.5 Å². The van der Waals surface area contributed by atoms with Gasteiger partial charge >= 0.3 is 0 Å². The number of hydrogen-bond acceptors (Lipinski definition) is 16. The Bertz CT molecular complexity index is 2980. The molecule has 3 aliphatic heterocycles. The van der Waals surface area contributed by atoms with Gasteiger partial charge in [0.1, 0.15) is 12.1 Å². The van der Waals surface area contributed by atoms with Crippen LogP contribution in [0.4, 0.5) is 5.69 Å². The van der Waals surface area contributed by atoms with Crippen LogP contribution in [0.2, 0.25) is 0 Å². The zero-order chi connectivity index (χ0) is 63.3. The lowest BCUT2D eigenvalue weighted by atomic mass is 9.85. The van der Waals surface area contributed by atoms with Gasteiger partial charge in [-0.25, -0.2) is 0 Å². The number of ketones is 3. The molecule has 1 saturated heterocycles. The minimum Gasteiger partial charge on any atom is -0.394 e. The van der Waals surface area contributed by atoms with Crippen LogP contribution in [0.25, 0.3) is 10.9 Å². The van der Waals surface area contributed by atoms with Crippen LogP contribution >= 0.6 is 11.8 Å². The molecule has 0 aliphatic carbocycles. The Morgan fingerprint density at radius 2 is 1.47 bits per heavy atom. The Kier molecular flexibility index (Phi) is 24.2. The smallest absolute Gasteiger partial charge is 0.243 e. The molecule has 8 amide bonds. The van der Waals surface area contributed by atoms with Crippen molar-refractivity contribution < 1.29 is 68.1 Å². The number of rotatable bonds is 16. The van der Waals surface area contributed by atoms with Crippen LogP contribution in [0.15, 0.2) is 53.6 Å². The molecule has 0 spiro atoms. The summed E-state index contributed by atoms with van der Waals surface area (Å²) in [5.41, 5.74) is 1.81. The van der Waals surface area contributed by atoms with E-state index in [4.69, 9.17) is 0 Å². The second kappa shape index (κ2) is 30.5. The second-order valence-corrected chi connectivity index (χ2v) is 25.6. The highest BCUT2D eigenvalue weighted by molar-refractivity contribution is 7.99. The van der Waals surface area contributed by atoms with E-state index in [-0.39, 0.29) is 54.7 Å². The zero-order valence-electron chi connectivity index (χ0n) is 50.5. The van der Waals surface area contributed by atoms with E-state index in [0.29, 0.717) is 39.2 Å². The second-order valence-electron chi connectivity index (χ2n) is 24.6. The van der Waals surface area contributed by atoms with Crippen LogP contribution in [0.1, 0.15) is 112 Å². The lowest BCUT2D eigenvalue weighted by Gasteiger charge is -2.32. The first-order valence-corrected chi connectivity index (χ1v) is 30.5. The number of aliphatic hydroxyl groups is 3. The lowest BCUT2D eigenvalue weighted by Crippen LogP contribution is -2.56. The van der Waals surface area contributed by atoms with Gasteiger partial charge in [-0.15, -0.1) is 11.8 Å². The summed E-state index contributed by atoms with van der Waals surface area (Å²) in [6.07, 6.45) is -4.91. The molecule has 24 nitrogen and oxygen atoms in total. The molecule has 1 fully saturated rings. The van der Waals surface area contributed by atoms with Crippen molar-refractivity contribution in [1.29, 1.82) is 0 Å². The monoisotopic (exact) mass is 1210 g/mol. The van der Waals surface area contributed by atoms with Gasteiger partial charge < -0.3 is 67.7 Å². The van der Waals surface area contributed by atoms with Crippen molar-refractivity contribution >= 4 is 93.0 Å². The number of Topliss-reactive ketones (excluding diaryl/α,β-unsaturated/α-hetero) is 3. The maximum absolute atomic E-state index is 15.1. The van der Waals surface area contributed by atoms with Crippen molar-refractivity contribution in [2.24, 2.45) is 35.5 Å². The molecular formula is C61H86N10O14S. The molecule has 0 saturated carbocycles. The number of carbonyl (C=O) groups excluding carboxylic acids is 11. The molecule has 0 unspecified atom stereocenters. The van der Waals surface area contributed by atoms with Gasteiger partial charge in [0.05, 0.1) is 61.0 Å². The summed E-state index contributed by atoms with van der Waals surface area (Å²) in [4.78, 5) is 160. The van der Waals surface area contributed by atoms with Gasteiger partial charge in [-0.3, -0.25) is 52.7 Å². The molecule has 1 aromatic heterocycles. The number of thioether (sulfide) groups is 1. The van der Waals surface area contributed by atoms with E-state index < -0.39 is 170 Å². The number of carbonyl (C=O) groups is 11. The first-order chi connectivity index (χ1) is 40.6. The van der Waals surface area contributed by atoms with Crippen LogP contribution in [0.5, 0.6) is 0 Å². The van der Waals surface area contributed by atoms with E-state index in [1.165, 1.54) is 6.92 Å². The number of hydrogen-bond donors (Lipinski definition) is 12. The summed E-state index contributed by atoms with van der Waals surface area (Å²) < 4.78 is 0. The van der Waals surface area contributed by atoms with Crippen molar-refractivity contribution in [3.05, 3.63) is 59.7 Å². The van der Waals surface area contributed by atoms with E-state index in [0.717, 1.165) is 16.7 Å². The van der Waals surface area contributed by atoms with E-state index in [1.807, 2.05) is 34.6 Å². The molecule has 2 aromatic carbocycles. The lowest BCUT2D eigenvalue weighted by molar-refractivity contribution is -0.145. The summed E-state index contributed by atoms with van der Waals surface area (Å²) in [6, 6.07) is 7.48. The van der Waals surface area contributed by atoms with E-state index in [2.05, 4.69) is 47.5 Å². The number of anilines is 1. The number of nitrogens with one attached hydrogen (secondary N) is 9. The number of aromatic amines is 1. The third kappa shape index (κ3) is 18.5. The molecular weight excluding hydrogens is 1130 g/mol. The van der Waals surface area contributed by atoms with Gasteiger partial charge in [0, 0.05) is 90.8 Å². The fourth-order valence-corrected chi connectivity index (χ4v) is 12.1. The number of aliphatic hydroxyl groups excluding tert-OH is 3. The van der Waals surface area contributed by atoms with E-state index in [9.17, 15) is 63.3 Å². The number of para-hydroxylation sites is 1. The van der Waals surface area contributed by atoms with Crippen molar-refractivity contribution in [3.63, 3.8) is 0 Å². The maximum atomic E-state index is 15.1. The van der Waals surface area contributed by atoms with Crippen LogP contribution in [-0.4, -0.2) is 170 Å². The number of nitrogens with zero attached hydrogens (tertiary/aromatic N) is 1. The Morgan fingerprint density at radius 1 is 0.802 bits per heavy atom. The third-order valence-electron chi connectivity index (χ3n) is 16.1. The standard InChI is InChI=1S/C61H86N10O14S/c1-10-32(4)53-58(84)64-26-50(79)66-43-30-86-59-41(40-13-11-12-14-42(40)67-59)20-36(56(82)63-27-51(80)68-53)21-47(76)54(34(6)48(77)29-72)69-57(83)44-24-39(73)28-71(44)60(85)37(22-45(43)74)23-49(78)62-25-35-15-17-38(18-16-35)65-55(81)33(5)19-46(75)52(31(2)3)70-61(7,8)9/h11-18,31-34,36-37,39,43-44,48,52-54,67,70,72-73,77H,10,19-30H2,1-9H3,(H,62,78)(H,63,82)(H,64,84)(H,65,81)(H,66,79)(H,68,80)(H,69,83)/t32-,33+,34-,36+,37-,39+,43-,44-,48-,52-,53-,54-/m0/s1. The number of amides is 8. The summed E-state index contributed by atoms with van der Waals surface area (Å²) in [7, 11) is 0. The summed E-state index contributed by atoms with van der Waals surface area (Å²) in [5.74, 6) is -12.9. The van der Waals surface area contributed by atoms with Crippen molar-refractivity contribution in [3.8, 4) is 0 Å². The van der Waals surface area contributed by atoms with Crippen molar-refractivity contribution in [1.82, 2.24) is 47.1 Å². The highest BCUT2D eigenvalue weighted by Gasteiger charge is 2.45. The van der Waals surface area contributed by atoms with E-state index in [1.54, 1.807) is 69.3 Å². The Morgan fingerprint density at radius 3 is 2.12 bits per heavy atom. The first kappa shape index (κ1) is 68.1. The van der Waals surface area contributed by atoms with Crippen LogP contribution in [0.3, 0.4) is 0 Å². The van der Waals surface area contributed by atoms with Gasteiger partial charge in [0.2, 0.25) is 47.3 Å². The molecule has 25 heteroatoms. The van der Waals surface area contributed by atoms with Gasteiger partial charge in [0.15, 0.2) is 17.3 Å². The van der Waals surface area contributed by atoms with Gasteiger partial charge in [-0.05, 0) is 68.4 Å². The number of aromatic nitrogens is 1. The molecule has 3 aromatic rings. The molecule has 2 bridgehead atoms. The highest BCUT2D eigenvalue weighted by atomic mass is 32.2. The fourth-order valence-electron chi connectivity index (χ4n) is 10.9. The summed E-state index contributed by atoms with van der Waals surface area (Å²) >= 11 is 1.08. The van der Waals surface area contributed by atoms with Crippen molar-refractivity contribution in [2.75, 3.05) is 37.3 Å². The van der Waals surface area contributed by atoms with Gasteiger partial charge in [-0.1, -0.05) is 78.3 Å². The van der Waals surface area contributed by atoms with Crippen LogP contribution < -0.4 is 42.5 Å². The van der Waals surface area contributed by atoms with Crippen molar-refractivity contribution in [2.45, 2.75) is 167 Å². The zero-order valence-corrected chi connectivity index (χ0v) is 51.3. The molecule has 3 aliphatic rings. The Balaban J connectivity index is 1.34.